The minimum Gasteiger partial charge on any atom is -0.394 e. The summed E-state index contributed by atoms with van der Waals surface area (Å²) in [5.41, 5.74) is 1.13. The molecule has 6 heteroatoms. The third-order valence-electron chi connectivity index (χ3n) is 2.45. The third-order valence-corrected chi connectivity index (χ3v) is 4.12. The number of halogens is 1. The summed E-state index contributed by atoms with van der Waals surface area (Å²) in [5.74, 6) is 0.214. The first-order valence-corrected chi connectivity index (χ1v) is 7.62. The van der Waals surface area contributed by atoms with E-state index < -0.39 is 0 Å². The molecular formula is C13H18BrNO3S. The van der Waals surface area contributed by atoms with Gasteiger partial charge < -0.3 is 15.2 Å². The summed E-state index contributed by atoms with van der Waals surface area (Å²) in [6.07, 6.45) is 0. The summed E-state index contributed by atoms with van der Waals surface area (Å²) < 4.78 is 5.93. The maximum absolute atomic E-state index is 11.7. The lowest BCUT2D eigenvalue weighted by molar-refractivity contribution is -0.120. The van der Waals surface area contributed by atoms with Gasteiger partial charge in [-0.1, -0.05) is 15.9 Å². The number of benzene rings is 1. The van der Waals surface area contributed by atoms with E-state index in [1.54, 1.807) is 0 Å². The molecule has 1 atom stereocenters. The first-order chi connectivity index (χ1) is 9.06. The lowest BCUT2D eigenvalue weighted by Gasteiger charge is -2.15. The fourth-order valence-corrected chi connectivity index (χ4v) is 2.82. The van der Waals surface area contributed by atoms with Crippen LogP contribution in [0.1, 0.15) is 5.56 Å². The molecule has 1 aromatic carbocycles. The molecule has 0 fully saturated rings. The molecule has 19 heavy (non-hydrogen) atoms. The number of hydrogen-bond acceptors (Lipinski definition) is 4. The first-order valence-electron chi connectivity index (χ1n) is 5.85. The van der Waals surface area contributed by atoms with Crippen LogP contribution in [0, 0.1) is 6.92 Å². The number of rotatable bonds is 7. The van der Waals surface area contributed by atoms with Gasteiger partial charge >= 0.3 is 0 Å². The molecule has 0 aromatic heterocycles. The van der Waals surface area contributed by atoms with E-state index in [2.05, 4.69) is 21.2 Å². The van der Waals surface area contributed by atoms with Gasteiger partial charge in [-0.25, -0.2) is 0 Å². The van der Waals surface area contributed by atoms with E-state index >= 15 is 0 Å². The Morgan fingerprint density at radius 1 is 1.58 bits per heavy atom. The molecule has 0 bridgehead atoms. The van der Waals surface area contributed by atoms with Crippen LogP contribution in [0.2, 0.25) is 0 Å². The Bertz CT molecular complexity index is 428. The van der Waals surface area contributed by atoms with E-state index in [4.69, 9.17) is 9.84 Å². The molecule has 0 spiro atoms. The van der Waals surface area contributed by atoms with Crippen LogP contribution in [0.15, 0.2) is 27.6 Å². The summed E-state index contributed by atoms with van der Waals surface area (Å²) in [6.45, 7) is 2.19. The van der Waals surface area contributed by atoms with Gasteiger partial charge in [0.2, 0.25) is 5.91 Å². The van der Waals surface area contributed by atoms with Gasteiger partial charge in [-0.3, -0.25) is 4.79 Å². The Balaban J connectivity index is 2.45. The lowest BCUT2D eigenvalue weighted by atomic mass is 10.2. The van der Waals surface area contributed by atoms with Crippen LogP contribution >= 0.6 is 27.7 Å². The van der Waals surface area contributed by atoms with Gasteiger partial charge in [-0.05, 0) is 30.7 Å². The highest BCUT2D eigenvalue weighted by molar-refractivity contribution is 9.10. The van der Waals surface area contributed by atoms with Crippen molar-refractivity contribution in [1.82, 2.24) is 5.32 Å². The van der Waals surface area contributed by atoms with E-state index in [9.17, 15) is 4.79 Å². The highest BCUT2D eigenvalue weighted by Gasteiger charge is 2.11. The average Bonchev–Trinajstić information content (AvgIpc) is 2.37. The van der Waals surface area contributed by atoms with E-state index in [0.717, 1.165) is 14.9 Å². The molecule has 0 radical (unpaired) electrons. The zero-order chi connectivity index (χ0) is 14.3. The van der Waals surface area contributed by atoms with E-state index in [1.165, 1.54) is 18.9 Å². The van der Waals surface area contributed by atoms with Crippen LogP contribution in [0.4, 0.5) is 0 Å². The number of aliphatic hydroxyl groups is 1. The second kappa shape index (κ2) is 8.58. The van der Waals surface area contributed by atoms with Gasteiger partial charge in [0.25, 0.3) is 0 Å². The van der Waals surface area contributed by atoms with Crippen molar-refractivity contribution in [2.75, 3.05) is 26.1 Å². The second-order valence-corrected chi connectivity index (χ2v) is 6.03. The Labute approximate surface area is 126 Å². The lowest BCUT2D eigenvalue weighted by Crippen LogP contribution is -2.41. The standard InChI is InChI=1S/C13H18BrNO3S/c1-9-5-10(14)3-4-12(9)19-8-13(17)15-11(6-16)7-18-2/h3-5,11,16H,6-8H2,1-2H3,(H,15,17). The predicted octanol–water partition coefficient (Wildman–Crippen LogP) is 1.97. The first kappa shape index (κ1) is 16.5. The van der Waals surface area contributed by atoms with Crippen molar-refractivity contribution in [2.24, 2.45) is 0 Å². The van der Waals surface area contributed by atoms with Gasteiger partial charge in [0, 0.05) is 16.5 Å². The van der Waals surface area contributed by atoms with E-state index in [1.807, 2.05) is 25.1 Å². The van der Waals surface area contributed by atoms with Gasteiger partial charge in [-0.15, -0.1) is 11.8 Å². The van der Waals surface area contributed by atoms with Crippen LogP contribution in [-0.2, 0) is 9.53 Å². The number of aryl methyl sites for hydroxylation is 1. The third kappa shape index (κ3) is 5.95. The molecule has 4 nitrogen and oxygen atoms in total. The summed E-state index contributed by atoms with van der Waals surface area (Å²) in [7, 11) is 1.54. The van der Waals surface area contributed by atoms with Gasteiger partial charge in [0.1, 0.15) is 0 Å². The highest BCUT2D eigenvalue weighted by Crippen LogP contribution is 2.25. The van der Waals surface area contributed by atoms with Gasteiger partial charge in [0.15, 0.2) is 0 Å². The Morgan fingerprint density at radius 2 is 2.32 bits per heavy atom. The molecular weight excluding hydrogens is 330 g/mol. The van der Waals surface area contributed by atoms with Crippen molar-refractivity contribution in [2.45, 2.75) is 17.9 Å². The molecule has 2 N–H and O–H groups in total. The minimum absolute atomic E-state index is 0.108. The number of carbonyl (C=O) groups is 1. The normalized spacial score (nSPS) is 12.2. The number of carbonyl (C=O) groups excluding carboxylic acids is 1. The van der Waals surface area contributed by atoms with Crippen molar-refractivity contribution in [3.05, 3.63) is 28.2 Å². The van der Waals surface area contributed by atoms with E-state index in [0.29, 0.717) is 12.4 Å². The quantitative estimate of drug-likeness (QED) is 0.740. The molecule has 0 saturated heterocycles. The molecule has 1 aromatic rings. The number of thioether (sulfide) groups is 1. The van der Waals surface area contributed by atoms with Crippen molar-refractivity contribution in [3.8, 4) is 0 Å². The molecule has 0 saturated carbocycles. The van der Waals surface area contributed by atoms with Crippen LogP contribution in [0.25, 0.3) is 0 Å². The molecule has 1 unspecified atom stereocenters. The number of hydrogen-bond donors (Lipinski definition) is 2. The van der Waals surface area contributed by atoms with Crippen LogP contribution in [0.5, 0.6) is 0 Å². The molecule has 0 heterocycles. The molecule has 1 rings (SSSR count). The number of ether oxygens (including phenoxy) is 1. The van der Waals surface area contributed by atoms with E-state index in [-0.39, 0.29) is 18.6 Å². The molecule has 0 aliphatic heterocycles. The Hall–Kier alpha value is -0.560. The van der Waals surface area contributed by atoms with Crippen LogP contribution in [-0.4, -0.2) is 43.1 Å². The molecule has 106 valence electrons. The molecule has 0 aliphatic rings. The Morgan fingerprint density at radius 3 is 2.89 bits per heavy atom. The van der Waals surface area contributed by atoms with Crippen molar-refractivity contribution < 1.29 is 14.6 Å². The summed E-state index contributed by atoms with van der Waals surface area (Å²) >= 11 is 4.88. The van der Waals surface area contributed by atoms with Crippen molar-refractivity contribution in [1.29, 1.82) is 0 Å². The zero-order valence-electron chi connectivity index (χ0n) is 11.0. The number of nitrogens with one attached hydrogen (secondary N) is 1. The number of amides is 1. The molecule has 1 amide bonds. The minimum atomic E-state index is -0.343. The summed E-state index contributed by atoms with van der Waals surface area (Å²) in [4.78, 5) is 12.8. The maximum Gasteiger partial charge on any atom is 0.230 e. The van der Waals surface area contributed by atoms with Gasteiger partial charge in [0.05, 0.1) is 25.0 Å². The van der Waals surface area contributed by atoms with Crippen molar-refractivity contribution in [3.63, 3.8) is 0 Å². The largest absolute Gasteiger partial charge is 0.394 e. The van der Waals surface area contributed by atoms with Crippen LogP contribution in [0.3, 0.4) is 0 Å². The fourth-order valence-electron chi connectivity index (χ4n) is 1.53. The maximum atomic E-state index is 11.7. The fraction of sp³-hybridized carbons (Fsp3) is 0.462. The number of aliphatic hydroxyl groups excluding tert-OH is 1. The van der Waals surface area contributed by atoms with Crippen molar-refractivity contribution >= 4 is 33.6 Å². The molecule has 0 aliphatic carbocycles. The number of methoxy groups -OCH3 is 1. The monoisotopic (exact) mass is 347 g/mol. The second-order valence-electron chi connectivity index (χ2n) is 4.10. The highest BCUT2D eigenvalue weighted by atomic mass is 79.9. The summed E-state index contributed by atoms with van der Waals surface area (Å²) in [5, 5.41) is 11.8. The average molecular weight is 348 g/mol. The zero-order valence-corrected chi connectivity index (χ0v) is 13.4. The SMILES string of the molecule is COCC(CO)NC(=O)CSc1ccc(Br)cc1C. The predicted molar refractivity (Wildman–Crippen MR) is 80.5 cm³/mol. The van der Waals surface area contributed by atoms with Crippen LogP contribution < -0.4 is 5.32 Å². The Kier molecular flexibility index (Phi) is 7.45. The topological polar surface area (TPSA) is 58.6 Å². The summed E-state index contributed by atoms with van der Waals surface area (Å²) in [6, 6.07) is 5.61. The smallest absolute Gasteiger partial charge is 0.230 e. The van der Waals surface area contributed by atoms with Gasteiger partial charge in [-0.2, -0.15) is 0 Å².